The van der Waals surface area contributed by atoms with Gasteiger partial charge in [-0.25, -0.2) is 9.78 Å². The van der Waals surface area contributed by atoms with E-state index >= 15 is 0 Å². The number of anilines is 1. The van der Waals surface area contributed by atoms with Gasteiger partial charge in [0.1, 0.15) is 0 Å². The third kappa shape index (κ3) is 3.22. The Morgan fingerprint density at radius 2 is 1.92 bits per heavy atom. The summed E-state index contributed by atoms with van der Waals surface area (Å²) in [6.07, 6.45) is 4.37. The lowest BCUT2D eigenvalue weighted by molar-refractivity contribution is -0.117. The fraction of sp³-hybridized carbons (Fsp3) is 0.300. The third-order valence-corrected chi connectivity index (χ3v) is 4.57. The van der Waals surface area contributed by atoms with Crippen LogP contribution in [0.2, 0.25) is 0 Å². The van der Waals surface area contributed by atoms with Crippen LogP contribution >= 0.6 is 0 Å². The maximum Gasteiger partial charge on any atom is 0.358 e. The van der Waals surface area contributed by atoms with Gasteiger partial charge in [0.25, 0.3) is 0 Å². The first-order valence-electron chi connectivity index (χ1n) is 8.34. The van der Waals surface area contributed by atoms with E-state index in [1.165, 1.54) is 12.4 Å². The van der Waals surface area contributed by atoms with Gasteiger partial charge in [0.2, 0.25) is 0 Å². The number of ether oxygens (including phenoxy) is 1. The molecule has 26 heavy (non-hydrogen) atoms. The van der Waals surface area contributed by atoms with Crippen molar-refractivity contribution in [3.8, 4) is 0 Å². The van der Waals surface area contributed by atoms with Crippen molar-refractivity contribution in [2.45, 2.75) is 26.2 Å². The minimum absolute atomic E-state index is 0.0850. The molecule has 2 heterocycles. The van der Waals surface area contributed by atoms with Crippen LogP contribution in [0.5, 0.6) is 0 Å². The fourth-order valence-electron chi connectivity index (χ4n) is 3.16. The van der Waals surface area contributed by atoms with Crippen LogP contribution in [0.3, 0.4) is 0 Å². The van der Waals surface area contributed by atoms with Crippen LogP contribution in [-0.4, -0.2) is 35.4 Å². The molecule has 6 nitrogen and oxygen atoms in total. The number of hydrogen-bond donors (Lipinski definition) is 0. The zero-order valence-corrected chi connectivity index (χ0v) is 15.3. The van der Waals surface area contributed by atoms with Crippen LogP contribution in [0.15, 0.2) is 48.4 Å². The summed E-state index contributed by atoms with van der Waals surface area (Å²) in [5, 5.41) is 0. The molecule has 1 aliphatic rings. The van der Waals surface area contributed by atoms with E-state index in [-0.39, 0.29) is 23.5 Å². The molecule has 0 amide bonds. The number of rotatable bonds is 4. The van der Waals surface area contributed by atoms with Gasteiger partial charge in [0.05, 0.1) is 11.9 Å². The zero-order valence-electron chi connectivity index (χ0n) is 15.3. The lowest BCUT2D eigenvalue weighted by atomic mass is 9.83. The number of carbonyl (C=O) groups is 2. The van der Waals surface area contributed by atoms with E-state index in [0.717, 1.165) is 16.9 Å². The molecule has 0 saturated heterocycles. The Bertz CT molecular complexity index is 885. The number of esters is 1. The van der Waals surface area contributed by atoms with E-state index in [2.05, 4.69) is 29.9 Å². The molecular weight excluding hydrogens is 330 g/mol. The largest absolute Gasteiger partial charge is 0.453 e. The molecule has 0 bridgehead atoms. The van der Waals surface area contributed by atoms with Crippen LogP contribution in [0.4, 0.5) is 5.69 Å². The first-order chi connectivity index (χ1) is 12.3. The Kier molecular flexibility index (Phi) is 4.59. The number of hydrogen-bond acceptors (Lipinski definition) is 6. The number of carbonyl (C=O) groups excluding carboxylic acids is 2. The summed E-state index contributed by atoms with van der Waals surface area (Å²) >= 11 is 0. The fourth-order valence-corrected chi connectivity index (χ4v) is 3.16. The summed E-state index contributed by atoms with van der Waals surface area (Å²) in [4.78, 5) is 34.3. The maximum atomic E-state index is 12.4. The van der Waals surface area contributed by atoms with Crippen molar-refractivity contribution in [3.63, 3.8) is 0 Å². The monoisotopic (exact) mass is 351 g/mol. The molecule has 2 aromatic rings. The highest BCUT2D eigenvalue weighted by Gasteiger charge is 2.38. The number of nitrogens with zero attached hydrogens (tertiary/aromatic N) is 3. The van der Waals surface area contributed by atoms with E-state index in [9.17, 15) is 9.59 Å². The van der Waals surface area contributed by atoms with Crippen LogP contribution in [0.1, 0.15) is 35.6 Å². The zero-order chi connectivity index (χ0) is 18.9. The minimum atomic E-state index is -0.661. The molecule has 0 N–H and O–H groups in total. The Morgan fingerprint density at radius 3 is 2.58 bits per heavy atom. The molecular formula is C20H21N3O3. The summed E-state index contributed by atoms with van der Waals surface area (Å²) in [6.45, 7) is 5.58. The topological polar surface area (TPSA) is 72.4 Å². The highest BCUT2D eigenvalue weighted by molar-refractivity contribution is 5.96. The summed E-state index contributed by atoms with van der Waals surface area (Å²) in [5.41, 5.74) is 3.59. The van der Waals surface area contributed by atoms with E-state index in [1.807, 2.05) is 30.1 Å². The quantitative estimate of drug-likeness (QED) is 0.623. The van der Waals surface area contributed by atoms with E-state index < -0.39 is 5.97 Å². The summed E-state index contributed by atoms with van der Waals surface area (Å²) in [6, 6.07) is 8.05. The molecule has 1 aromatic heterocycles. The highest BCUT2D eigenvalue weighted by atomic mass is 16.5. The molecule has 0 atom stereocenters. The lowest BCUT2D eigenvalue weighted by Gasteiger charge is -2.23. The normalized spacial score (nSPS) is 16.5. The molecule has 0 aliphatic carbocycles. The van der Waals surface area contributed by atoms with Gasteiger partial charge in [-0.3, -0.25) is 9.78 Å². The van der Waals surface area contributed by atoms with Gasteiger partial charge in [-0.15, -0.1) is 0 Å². The molecule has 1 aromatic carbocycles. The number of benzene rings is 1. The first kappa shape index (κ1) is 17.8. The van der Waals surface area contributed by atoms with Crippen molar-refractivity contribution in [1.29, 1.82) is 0 Å². The van der Waals surface area contributed by atoms with E-state index in [1.54, 1.807) is 13.0 Å². The second-order valence-electron chi connectivity index (χ2n) is 6.82. The number of aromatic nitrogens is 2. The van der Waals surface area contributed by atoms with Crippen molar-refractivity contribution in [2.24, 2.45) is 0 Å². The van der Waals surface area contributed by atoms with E-state index in [0.29, 0.717) is 5.69 Å². The SMILES string of the molecule is Cc1cnc(C(=O)OCC(=O)/C=C2/N(C)c3ccccc3C2(C)C)cn1. The van der Waals surface area contributed by atoms with Gasteiger partial charge in [-0.05, 0) is 18.6 Å². The standard InChI is InChI=1S/C20H21N3O3/c1-13-10-22-16(11-21-13)19(25)26-12-14(24)9-18-20(2,3)15-7-5-6-8-17(15)23(18)4/h5-11H,12H2,1-4H3/b18-9+. The Labute approximate surface area is 152 Å². The van der Waals surface area contributed by atoms with Crippen molar-refractivity contribution in [1.82, 2.24) is 9.97 Å². The molecule has 3 rings (SSSR count). The van der Waals surface area contributed by atoms with Crippen LogP contribution in [-0.2, 0) is 14.9 Å². The Balaban J connectivity index is 1.71. The van der Waals surface area contributed by atoms with Crippen molar-refractivity contribution < 1.29 is 14.3 Å². The number of para-hydroxylation sites is 1. The number of allylic oxidation sites excluding steroid dienone is 1. The summed E-state index contributed by atoms with van der Waals surface area (Å²) in [5.74, 6) is -0.937. The smallest absolute Gasteiger partial charge is 0.358 e. The van der Waals surface area contributed by atoms with Crippen molar-refractivity contribution in [3.05, 3.63) is 65.4 Å². The molecule has 0 fully saturated rings. The van der Waals surface area contributed by atoms with Crippen molar-refractivity contribution >= 4 is 17.4 Å². The lowest BCUT2D eigenvalue weighted by Crippen LogP contribution is -2.25. The number of likely N-dealkylation sites (N-methyl/N-ethyl adjacent to an activating group) is 1. The Morgan fingerprint density at radius 1 is 1.19 bits per heavy atom. The predicted octanol–water partition coefficient (Wildman–Crippen LogP) is 2.82. The molecule has 0 spiro atoms. The molecule has 1 aliphatic heterocycles. The molecule has 6 heteroatoms. The summed E-state index contributed by atoms with van der Waals surface area (Å²) in [7, 11) is 1.93. The number of ketones is 1. The summed E-state index contributed by atoms with van der Waals surface area (Å²) < 4.78 is 5.07. The number of aryl methyl sites for hydroxylation is 1. The highest BCUT2D eigenvalue weighted by Crippen LogP contribution is 2.46. The molecule has 0 radical (unpaired) electrons. The second-order valence-corrected chi connectivity index (χ2v) is 6.82. The van der Waals surface area contributed by atoms with Gasteiger partial charge in [0, 0.05) is 36.1 Å². The number of fused-ring (bicyclic) bond motifs is 1. The minimum Gasteiger partial charge on any atom is -0.453 e. The van der Waals surface area contributed by atoms with Crippen LogP contribution < -0.4 is 4.90 Å². The van der Waals surface area contributed by atoms with Gasteiger partial charge in [-0.2, -0.15) is 0 Å². The second kappa shape index (κ2) is 6.71. The van der Waals surface area contributed by atoms with Gasteiger partial charge < -0.3 is 9.64 Å². The first-order valence-corrected chi connectivity index (χ1v) is 8.34. The predicted molar refractivity (Wildman–Crippen MR) is 98.0 cm³/mol. The average Bonchev–Trinajstić information content (AvgIpc) is 2.81. The van der Waals surface area contributed by atoms with E-state index in [4.69, 9.17) is 4.74 Å². The van der Waals surface area contributed by atoms with Gasteiger partial charge >= 0.3 is 5.97 Å². The molecule has 0 saturated carbocycles. The maximum absolute atomic E-state index is 12.4. The average molecular weight is 351 g/mol. The molecule has 0 unspecified atom stereocenters. The van der Waals surface area contributed by atoms with Crippen LogP contribution in [0.25, 0.3) is 0 Å². The van der Waals surface area contributed by atoms with Crippen LogP contribution in [0, 0.1) is 6.92 Å². The third-order valence-electron chi connectivity index (χ3n) is 4.57. The van der Waals surface area contributed by atoms with Crippen molar-refractivity contribution in [2.75, 3.05) is 18.6 Å². The Hall–Kier alpha value is -3.02. The molecule has 134 valence electrons. The van der Waals surface area contributed by atoms with Gasteiger partial charge in [-0.1, -0.05) is 32.0 Å². The van der Waals surface area contributed by atoms with Gasteiger partial charge in [0.15, 0.2) is 18.1 Å².